The molecule has 0 heterocycles. The lowest BCUT2D eigenvalue weighted by atomic mass is 9.77. The van der Waals surface area contributed by atoms with Crippen LogP contribution in [0.15, 0.2) is 0 Å². The Hall–Kier alpha value is 0.0200. The van der Waals surface area contributed by atoms with Crippen LogP contribution < -0.4 is 0 Å². The largest absolute Gasteiger partial charge is 0.288 e. The van der Waals surface area contributed by atoms with Gasteiger partial charge in [-0.15, -0.1) is 0 Å². The molecule has 0 unspecified atom stereocenters. The van der Waals surface area contributed by atoms with E-state index >= 15 is 0 Å². The molecule has 82 valence electrons. The van der Waals surface area contributed by atoms with E-state index < -0.39 is 0 Å². The van der Waals surface area contributed by atoms with E-state index in [9.17, 15) is 4.79 Å². The Morgan fingerprint density at radius 1 is 1.21 bits per heavy atom. The second-order valence-electron chi connectivity index (χ2n) is 5.15. The summed E-state index contributed by atoms with van der Waals surface area (Å²) in [4.78, 5) is 11.1. The lowest BCUT2D eigenvalue weighted by molar-refractivity contribution is -0.109. The molecule has 0 amide bonds. The first kappa shape index (κ1) is 12.1. The van der Waals surface area contributed by atoms with Gasteiger partial charge in [0, 0.05) is 11.7 Å². The Labute approximate surface area is 92.0 Å². The molecule has 0 aromatic rings. The summed E-state index contributed by atoms with van der Waals surface area (Å²) in [6.45, 7) is 8.46. The minimum atomic E-state index is 0.145. The van der Waals surface area contributed by atoms with Crippen molar-refractivity contribution >= 4 is 16.9 Å². The van der Waals surface area contributed by atoms with E-state index in [0.29, 0.717) is 0 Å². The van der Waals surface area contributed by atoms with Crippen LogP contribution >= 0.6 is 11.8 Å². The van der Waals surface area contributed by atoms with Crippen LogP contribution in [-0.2, 0) is 4.79 Å². The van der Waals surface area contributed by atoms with Gasteiger partial charge in [0.25, 0.3) is 0 Å². The van der Waals surface area contributed by atoms with Crippen molar-refractivity contribution in [3.05, 3.63) is 0 Å². The third-order valence-electron chi connectivity index (χ3n) is 3.41. The molecule has 1 aliphatic carbocycles. The van der Waals surface area contributed by atoms with Gasteiger partial charge in [-0.05, 0) is 38.5 Å². The number of carbonyl (C=O) groups is 1. The molecule has 1 aliphatic rings. The Morgan fingerprint density at radius 2 is 1.71 bits per heavy atom. The molecule has 0 spiro atoms. The van der Waals surface area contributed by atoms with Crippen LogP contribution in [0.5, 0.6) is 0 Å². The zero-order valence-corrected chi connectivity index (χ0v) is 10.6. The standard InChI is InChI=1S/C12H22OS/c1-9-5-7-11(8-6-9)12(3,4)14-10(2)13/h9,11H,5-8H2,1-4H3. The van der Waals surface area contributed by atoms with Crippen molar-refractivity contribution in [1.82, 2.24) is 0 Å². The third kappa shape index (κ3) is 3.30. The molecule has 0 saturated heterocycles. The molecule has 0 N–H and O–H groups in total. The smallest absolute Gasteiger partial charge is 0.186 e. The number of rotatable bonds is 2. The molecule has 1 fully saturated rings. The molecule has 1 saturated carbocycles. The van der Waals surface area contributed by atoms with E-state index in [4.69, 9.17) is 0 Å². The molecule has 0 aliphatic heterocycles. The first-order chi connectivity index (χ1) is 6.42. The van der Waals surface area contributed by atoms with E-state index in [1.807, 2.05) is 0 Å². The molecular weight excluding hydrogens is 192 g/mol. The van der Waals surface area contributed by atoms with E-state index in [-0.39, 0.29) is 9.86 Å². The topological polar surface area (TPSA) is 17.1 Å². The summed E-state index contributed by atoms with van der Waals surface area (Å²) in [5.74, 6) is 1.62. The normalized spacial score (nSPS) is 28.9. The number of thioether (sulfide) groups is 1. The maximum atomic E-state index is 11.1. The highest BCUT2D eigenvalue weighted by Crippen LogP contribution is 2.42. The predicted molar refractivity (Wildman–Crippen MR) is 63.5 cm³/mol. The van der Waals surface area contributed by atoms with Gasteiger partial charge in [-0.3, -0.25) is 4.79 Å². The van der Waals surface area contributed by atoms with Crippen molar-refractivity contribution in [3.63, 3.8) is 0 Å². The number of hydrogen-bond acceptors (Lipinski definition) is 2. The first-order valence-electron chi connectivity index (χ1n) is 5.61. The maximum absolute atomic E-state index is 11.1. The molecule has 0 aromatic heterocycles. The fourth-order valence-corrected chi connectivity index (χ4v) is 3.55. The van der Waals surface area contributed by atoms with Crippen LogP contribution in [-0.4, -0.2) is 9.86 Å². The Kier molecular flexibility index (Phi) is 4.05. The lowest BCUT2D eigenvalue weighted by Crippen LogP contribution is -2.31. The summed E-state index contributed by atoms with van der Waals surface area (Å²) in [6.07, 6.45) is 5.28. The van der Waals surface area contributed by atoms with Crippen molar-refractivity contribution in [2.75, 3.05) is 0 Å². The van der Waals surface area contributed by atoms with Gasteiger partial charge in [-0.1, -0.05) is 31.5 Å². The van der Waals surface area contributed by atoms with Crippen LogP contribution in [0.25, 0.3) is 0 Å². The monoisotopic (exact) mass is 214 g/mol. The van der Waals surface area contributed by atoms with Crippen LogP contribution in [0.2, 0.25) is 0 Å². The Balaban J connectivity index is 2.50. The average Bonchev–Trinajstić information content (AvgIpc) is 2.02. The van der Waals surface area contributed by atoms with Gasteiger partial charge in [0.05, 0.1) is 0 Å². The number of carbonyl (C=O) groups excluding carboxylic acids is 1. The van der Waals surface area contributed by atoms with Gasteiger partial charge in [0.1, 0.15) is 0 Å². The minimum absolute atomic E-state index is 0.145. The van der Waals surface area contributed by atoms with Crippen molar-refractivity contribution in [2.24, 2.45) is 11.8 Å². The fraction of sp³-hybridized carbons (Fsp3) is 0.917. The van der Waals surface area contributed by atoms with Crippen LogP contribution in [0.1, 0.15) is 53.4 Å². The molecule has 2 heteroatoms. The molecule has 0 atom stereocenters. The first-order valence-corrected chi connectivity index (χ1v) is 6.43. The number of hydrogen-bond donors (Lipinski definition) is 0. The van der Waals surface area contributed by atoms with Crippen LogP contribution in [0.3, 0.4) is 0 Å². The predicted octanol–water partition coefficient (Wildman–Crippen LogP) is 3.87. The van der Waals surface area contributed by atoms with Crippen molar-refractivity contribution in [1.29, 1.82) is 0 Å². The van der Waals surface area contributed by atoms with E-state index in [1.54, 1.807) is 6.92 Å². The van der Waals surface area contributed by atoms with E-state index in [2.05, 4.69) is 20.8 Å². The van der Waals surface area contributed by atoms with Gasteiger partial charge in [0.2, 0.25) is 0 Å². The SMILES string of the molecule is CC(=O)SC(C)(C)C1CCC(C)CC1. The lowest BCUT2D eigenvalue weighted by Gasteiger charge is -2.37. The van der Waals surface area contributed by atoms with Gasteiger partial charge in [0.15, 0.2) is 5.12 Å². The molecule has 0 aromatic carbocycles. The minimum Gasteiger partial charge on any atom is -0.288 e. The summed E-state index contributed by atoms with van der Waals surface area (Å²) in [5, 5.41) is 0.258. The van der Waals surface area contributed by atoms with E-state index in [1.165, 1.54) is 37.4 Å². The Bertz CT molecular complexity index is 202. The van der Waals surface area contributed by atoms with Gasteiger partial charge >= 0.3 is 0 Å². The van der Waals surface area contributed by atoms with Crippen LogP contribution in [0, 0.1) is 11.8 Å². The third-order valence-corrected chi connectivity index (χ3v) is 4.55. The summed E-state index contributed by atoms with van der Waals surface area (Å²) in [6, 6.07) is 0. The van der Waals surface area contributed by atoms with E-state index in [0.717, 1.165) is 11.8 Å². The average molecular weight is 214 g/mol. The second kappa shape index (κ2) is 4.69. The summed E-state index contributed by atoms with van der Waals surface area (Å²) >= 11 is 1.53. The quantitative estimate of drug-likeness (QED) is 0.694. The summed E-state index contributed by atoms with van der Waals surface area (Å²) in [7, 11) is 0. The molecule has 0 bridgehead atoms. The maximum Gasteiger partial charge on any atom is 0.186 e. The molecule has 1 nitrogen and oxygen atoms in total. The molecule has 14 heavy (non-hydrogen) atoms. The van der Waals surface area contributed by atoms with Crippen molar-refractivity contribution in [2.45, 2.75) is 58.1 Å². The highest BCUT2D eigenvalue weighted by atomic mass is 32.2. The zero-order valence-electron chi connectivity index (χ0n) is 9.80. The van der Waals surface area contributed by atoms with Gasteiger partial charge in [-0.25, -0.2) is 0 Å². The molecular formula is C12H22OS. The van der Waals surface area contributed by atoms with Gasteiger partial charge < -0.3 is 0 Å². The second-order valence-corrected chi connectivity index (χ2v) is 6.99. The summed E-state index contributed by atoms with van der Waals surface area (Å²) < 4.78 is 0.145. The fourth-order valence-electron chi connectivity index (χ4n) is 2.41. The van der Waals surface area contributed by atoms with Crippen LogP contribution in [0.4, 0.5) is 0 Å². The summed E-state index contributed by atoms with van der Waals surface area (Å²) in [5.41, 5.74) is 0. The Morgan fingerprint density at radius 3 is 2.14 bits per heavy atom. The highest BCUT2D eigenvalue weighted by molar-refractivity contribution is 8.14. The zero-order chi connectivity index (χ0) is 10.8. The van der Waals surface area contributed by atoms with Crippen molar-refractivity contribution in [3.8, 4) is 0 Å². The van der Waals surface area contributed by atoms with Crippen molar-refractivity contribution < 1.29 is 4.79 Å². The molecule has 0 radical (unpaired) electrons. The molecule has 1 rings (SSSR count). The highest BCUT2D eigenvalue weighted by Gasteiger charge is 2.33. The van der Waals surface area contributed by atoms with Gasteiger partial charge in [-0.2, -0.15) is 0 Å².